The zero-order valence-corrected chi connectivity index (χ0v) is 23.7. The number of rotatable bonds is 3. The summed E-state index contributed by atoms with van der Waals surface area (Å²) in [6.07, 6.45) is 4.55. The zero-order valence-electron chi connectivity index (χ0n) is 23.0. The zero-order chi connectivity index (χ0) is 29.1. The molecule has 10 heteroatoms. The number of hydrogen-bond donors (Lipinski definition) is 2. The second-order valence-corrected chi connectivity index (χ2v) is 10.5. The number of anilines is 2. The Labute approximate surface area is 242 Å². The molecular weight excluding hydrogens is 542 g/mol. The van der Waals surface area contributed by atoms with E-state index in [9.17, 15) is 14.4 Å². The average Bonchev–Trinajstić information content (AvgIpc) is 2.96. The Bertz CT molecular complexity index is 1690. The number of nitrogens with one attached hydrogen (secondary N) is 2. The van der Waals surface area contributed by atoms with Crippen molar-refractivity contribution in [1.82, 2.24) is 14.5 Å². The van der Waals surface area contributed by atoms with Gasteiger partial charge in [0.25, 0.3) is 5.56 Å². The molecule has 4 aromatic rings. The SMILES string of the molecule is COC(=O)Nc1ccc2c(c1)NC(=O)[C@H](C)CCC[C@H](n1cnc(-c3cccc(Cl)c3C)cc1=O)c1cc-2ccn1. The van der Waals surface area contributed by atoms with E-state index in [4.69, 9.17) is 16.3 Å². The standard InChI is InChI=1S/C31H30ClN5O4/c1-18-6-4-9-28(37-17-34-25(16-29(37)38)22-7-5-8-24(32)19(22)2)27-14-20(12-13-33-27)23-11-10-21(35-31(40)41-3)15-26(23)36-30(18)39/h5,7-8,10-18,28H,4,6,9H2,1-3H3,(H,35,40)(H,36,39)/t18-,28+/m1/s1. The van der Waals surface area contributed by atoms with Gasteiger partial charge in [0.2, 0.25) is 5.91 Å². The van der Waals surface area contributed by atoms with Crippen LogP contribution in [0.3, 0.4) is 0 Å². The highest BCUT2D eigenvalue weighted by Crippen LogP contribution is 2.35. The fraction of sp³-hybridized carbons (Fsp3) is 0.258. The van der Waals surface area contributed by atoms with E-state index < -0.39 is 6.09 Å². The van der Waals surface area contributed by atoms with Crippen molar-refractivity contribution in [2.75, 3.05) is 17.7 Å². The van der Waals surface area contributed by atoms with Gasteiger partial charge in [-0.3, -0.25) is 24.5 Å². The lowest BCUT2D eigenvalue weighted by Gasteiger charge is -2.23. The second-order valence-electron chi connectivity index (χ2n) is 10.1. The Morgan fingerprint density at radius 3 is 2.68 bits per heavy atom. The van der Waals surface area contributed by atoms with Crippen LogP contribution in [-0.2, 0) is 9.53 Å². The topological polar surface area (TPSA) is 115 Å². The van der Waals surface area contributed by atoms with Crippen LogP contribution in [0.25, 0.3) is 22.4 Å². The molecule has 2 amide bonds. The molecule has 0 spiro atoms. The number of ether oxygens (including phenoxy) is 1. The molecule has 0 radical (unpaired) electrons. The molecule has 2 aromatic carbocycles. The fourth-order valence-corrected chi connectivity index (χ4v) is 5.23. The maximum Gasteiger partial charge on any atom is 0.411 e. The van der Waals surface area contributed by atoms with Crippen molar-refractivity contribution in [3.8, 4) is 22.4 Å². The van der Waals surface area contributed by atoms with Gasteiger partial charge in [-0.25, -0.2) is 9.78 Å². The molecule has 210 valence electrons. The third-order valence-corrected chi connectivity index (χ3v) is 7.83. The maximum atomic E-state index is 13.5. The van der Waals surface area contributed by atoms with Crippen LogP contribution in [0.1, 0.15) is 43.5 Å². The van der Waals surface area contributed by atoms with Gasteiger partial charge in [0.1, 0.15) is 0 Å². The van der Waals surface area contributed by atoms with Gasteiger partial charge < -0.3 is 10.1 Å². The second kappa shape index (κ2) is 11.9. The predicted molar refractivity (Wildman–Crippen MR) is 159 cm³/mol. The van der Waals surface area contributed by atoms with Crippen LogP contribution in [0.5, 0.6) is 0 Å². The monoisotopic (exact) mass is 571 g/mol. The summed E-state index contributed by atoms with van der Waals surface area (Å²) in [5, 5.41) is 6.28. The van der Waals surface area contributed by atoms with E-state index in [0.29, 0.717) is 47.0 Å². The van der Waals surface area contributed by atoms with Gasteiger partial charge in [-0.15, -0.1) is 0 Å². The molecule has 0 saturated heterocycles. The minimum Gasteiger partial charge on any atom is -0.453 e. The Morgan fingerprint density at radius 2 is 1.90 bits per heavy atom. The van der Waals surface area contributed by atoms with Crippen molar-refractivity contribution >= 4 is 35.0 Å². The van der Waals surface area contributed by atoms with Crippen LogP contribution in [0.15, 0.2) is 71.9 Å². The highest BCUT2D eigenvalue weighted by Gasteiger charge is 2.23. The van der Waals surface area contributed by atoms with E-state index >= 15 is 0 Å². The number of pyridine rings is 1. The molecule has 0 saturated carbocycles. The summed E-state index contributed by atoms with van der Waals surface area (Å²) in [7, 11) is 1.29. The fourth-order valence-electron chi connectivity index (χ4n) is 5.05. The Hall–Kier alpha value is -4.50. The lowest BCUT2D eigenvalue weighted by molar-refractivity contribution is -0.119. The number of carbonyl (C=O) groups excluding carboxylic acids is 2. The Morgan fingerprint density at radius 1 is 1.07 bits per heavy atom. The van der Waals surface area contributed by atoms with E-state index in [0.717, 1.165) is 22.3 Å². The largest absolute Gasteiger partial charge is 0.453 e. The minimum absolute atomic E-state index is 0.132. The average molecular weight is 572 g/mol. The molecule has 41 heavy (non-hydrogen) atoms. The van der Waals surface area contributed by atoms with Gasteiger partial charge in [-0.05, 0) is 61.2 Å². The van der Waals surface area contributed by atoms with Gasteiger partial charge in [-0.2, -0.15) is 0 Å². The number of aromatic nitrogens is 3. The third kappa shape index (κ3) is 6.00. The first-order valence-electron chi connectivity index (χ1n) is 13.3. The van der Waals surface area contributed by atoms with Gasteiger partial charge in [0, 0.05) is 40.0 Å². The molecule has 1 aliphatic heterocycles. The normalized spacial score (nSPS) is 16.9. The number of methoxy groups -OCH3 is 1. The van der Waals surface area contributed by atoms with E-state index in [2.05, 4.69) is 20.6 Å². The van der Waals surface area contributed by atoms with Crippen molar-refractivity contribution in [2.24, 2.45) is 5.92 Å². The molecule has 3 heterocycles. The summed E-state index contributed by atoms with van der Waals surface area (Å²) in [5.41, 5.74) is 5.30. The molecule has 2 atom stereocenters. The van der Waals surface area contributed by atoms with Gasteiger partial charge in [0.15, 0.2) is 0 Å². The lowest BCUT2D eigenvalue weighted by Crippen LogP contribution is -2.27. The predicted octanol–water partition coefficient (Wildman–Crippen LogP) is 6.46. The third-order valence-electron chi connectivity index (χ3n) is 7.42. The van der Waals surface area contributed by atoms with E-state index in [1.54, 1.807) is 35.3 Å². The first-order chi connectivity index (χ1) is 19.7. The molecular formula is C31H30ClN5O4. The molecule has 5 rings (SSSR count). The molecule has 2 N–H and O–H groups in total. The van der Waals surface area contributed by atoms with Crippen molar-refractivity contribution in [3.63, 3.8) is 0 Å². The lowest BCUT2D eigenvalue weighted by atomic mass is 9.95. The van der Waals surface area contributed by atoms with Crippen molar-refractivity contribution < 1.29 is 14.3 Å². The summed E-state index contributed by atoms with van der Waals surface area (Å²) in [6.45, 7) is 3.77. The molecule has 2 bridgehead atoms. The number of amides is 2. The van der Waals surface area contributed by atoms with E-state index in [1.165, 1.54) is 13.2 Å². The van der Waals surface area contributed by atoms with Gasteiger partial charge in [0.05, 0.1) is 36.6 Å². The first-order valence-corrected chi connectivity index (χ1v) is 13.7. The van der Waals surface area contributed by atoms with Crippen LogP contribution < -0.4 is 16.2 Å². The number of nitrogens with zero attached hydrogens (tertiary/aromatic N) is 3. The summed E-state index contributed by atoms with van der Waals surface area (Å²) in [4.78, 5) is 47.7. The highest BCUT2D eigenvalue weighted by atomic mass is 35.5. The number of fused-ring (bicyclic) bond motifs is 4. The van der Waals surface area contributed by atoms with Gasteiger partial charge >= 0.3 is 6.09 Å². The Balaban J connectivity index is 1.58. The number of hydrogen-bond acceptors (Lipinski definition) is 6. The number of benzene rings is 2. The van der Waals surface area contributed by atoms with E-state index in [-0.39, 0.29) is 23.4 Å². The number of halogens is 1. The first kappa shape index (κ1) is 28.0. The van der Waals surface area contributed by atoms with Crippen molar-refractivity contribution in [2.45, 2.75) is 39.2 Å². The Kier molecular flexibility index (Phi) is 8.16. The van der Waals surface area contributed by atoms with Crippen LogP contribution in [0, 0.1) is 12.8 Å². The molecule has 2 aromatic heterocycles. The van der Waals surface area contributed by atoms with Gasteiger partial charge in [-0.1, -0.05) is 43.1 Å². The summed E-state index contributed by atoms with van der Waals surface area (Å²) in [6, 6.07) is 15.7. The van der Waals surface area contributed by atoms with Crippen LogP contribution >= 0.6 is 11.6 Å². The molecule has 0 aliphatic carbocycles. The van der Waals surface area contributed by atoms with E-state index in [1.807, 2.05) is 44.2 Å². The maximum absolute atomic E-state index is 13.5. The molecule has 9 nitrogen and oxygen atoms in total. The highest BCUT2D eigenvalue weighted by molar-refractivity contribution is 6.31. The molecule has 1 aliphatic rings. The summed E-state index contributed by atoms with van der Waals surface area (Å²) >= 11 is 6.31. The minimum atomic E-state index is -0.609. The van der Waals surface area contributed by atoms with Crippen molar-refractivity contribution in [1.29, 1.82) is 0 Å². The van der Waals surface area contributed by atoms with Crippen molar-refractivity contribution in [3.05, 3.63) is 93.8 Å². The number of carbonyl (C=O) groups is 2. The summed E-state index contributed by atoms with van der Waals surface area (Å²) in [5.74, 6) is -0.414. The van der Waals surface area contributed by atoms with Crippen LogP contribution in [-0.4, -0.2) is 33.6 Å². The molecule has 0 fully saturated rings. The van der Waals surface area contributed by atoms with Crippen LogP contribution in [0.2, 0.25) is 5.02 Å². The summed E-state index contributed by atoms with van der Waals surface area (Å²) < 4.78 is 6.31. The molecule has 0 unspecified atom stereocenters. The quantitative estimate of drug-likeness (QED) is 0.291. The smallest absolute Gasteiger partial charge is 0.411 e. The van der Waals surface area contributed by atoms with Crippen LogP contribution in [0.4, 0.5) is 16.2 Å².